The summed E-state index contributed by atoms with van der Waals surface area (Å²) < 4.78 is 27.4. The molecule has 1 aliphatic heterocycles. The van der Waals surface area contributed by atoms with Gasteiger partial charge >= 0.3 is 0 Å². The molecule has 1 saturated carbocycles. The Labute approximate surface area is 151 Å². The zero-order chi connectivity index (χ0) is 18.3. The lowest BCUT2D eigenvalue weighted by Gasteiger charge is -2.26. The highest BCUT2D eigenvalue weighted by Gasteiger charge is 2.37. The zero-order valence-corrected chi connectivity index (χ0v) is 15.1. The van der Waals surface area contributed by atoms with Crippen molar-refractivity contribution in [3.05, 3.63) is 35.0 Å². The van der Waals surface area contributed by atoms with Crippen LogP contribution in [0.2, 0.25) is 0 Å². The number of carbonyl (C=O) groups is 1. The molecule has 1 saturated heterocycles. The number of halogens is 2. The lowest BCUT2D eigenvalue weighted by Crippen LogP contribution is -2.36. The van der Waals surface area contributed by atoms with Gasteiger partial charge in [-0.3, -0.25) is 9.69 Å². The Hall–Kier alpha value is -1.95. The number of benzene rings is 1. The lowest BCUT2D eigenvalue weighted by molar-refractivity contribution is -0.121. The maximum Gasteiger partial charge on any atom is 0.221 e. The van der Waals surface area contributed by atoms with Crippen molar-refractivity contribution in [2.75, 3.05) is 19.6 Å². The van der Waals surface area contributed by atoms with Crippen LogP contribution >= 0.6 is 0 Å². The normalized spacial score (nSPS) is 22.4. The fourth-order valence-corrected chi connectivity index (χ4v) is 4.69. The highest BCUT2D eigenvalue weighted by atomic mass is 19.1. The average Bonchev–Trinajstić information content (AvgIpc) is 3.29. The van der Waals surface area contributed by atoms with Gasteiger partial charge in [-0.15, -0.1) is 0 Å². The quantitative estimate of drug-likeness (QED) is 0.829. The number of amides is 1. The summed E-state index contributed by atoms with van der Waals surface area (Å²) in [7, 11) is 0. The molecule has 2 bridgehead atoms. The van der Waals surface area contributed by atoms with E-state index in [0.29, 0.717) is 36.3 Å². The molecule has 4 rings (SSSR count). The molecule has 0 unspecified atom stereocenters. The third-order valence-electron chi connectivity index (χ3n) is 5.99. The van der Waals surface area contributed by atoms with Gasteiger partial charge in [-0.2, -0.15) is 0 Å². The second-order valence-electron chi connectivity index (χ2n) is 7.72. The Morgan fingerprint density at radius 1 is 1.35 bits per heavy atom. The molecule has 26 heavy (non-hydrogen) atoms. The number of aromatic amines is 1. The molecule has 140 valence electrons. The number of likely N-dealkylation sites (tertiary alicyclic amines) is 1. The highest BCUT2D eigenvalue weighted by molar-refractivity contribution is 5.85. The van der Waals surface area contributed by atoms with Crippen LogP contribution in [0.25, 0.3) is 10.9 Å². The molecule has 0 radical (unpaired) electrons. The molecule has 6 heteroatoms. The number of nitrogens with zero attached hydrogens (tertiary/aromatic N) is 1. The van der Waals surface area contributed by atoms with Crippen molar-refractivity contribution < 1.29 is 13.6 Å². The van der Waals surface area contributed by atoms with Gasteiger partial charge in [0.1, 0.15) is 11.6 Å². The summed E-state index contributed by atoms with van der Waals surface area (Å²) in [5, 5.41) is 3.50. The van der Waals surface area contributed by atoms with Crippen LogP contribution in [0.4, 0.5) is 8.78 Å². The summed E-state index contributed by atoms with van der Waals surface area (Å²) >= 11 is 0. The van der Waals surface area contributed by atoms with Gasteiger partial charge in [0, 0.05) is 49.2 Å². The SMILES string of the molecule is Cc1[nH]c2c(F)cc(F)cc2c1CCNC(=O)CCN1C[C@@H]2CC[C@H]1C2. The third kappa shape index (κ3) is 3.34. The molecule has 4 nitrogen and oxygen atoms in total. The van der Waals surface area contributed by atoms with Crippen molar-refractivity contribution in [2.45, 2.75) is 45.1 Å². The lowest BCUT2D eigenvalue weighted by atomic mass is 10.1. The van der Waals surface area contributed by atoms with Crippen molar-refractivity contribution in [3.63, 3.8) is 0 Å². The Bertz CT molecular complexity index is 832. The number of aryl methyl sites for hydroxylation is 1. The first kappa shape index (κ1) is 17.5. The monoisotopic (exact) mass is 361 g/mol. The molecule has 0 spiro atoms. The van der Waals surface area contributed by atoms with Gasteiger partial charge in [0.2, 0.25) is 5.91 Å². The summed E-state index contributed by atoms with van der Waals surface area (Å²) in [5.74, 6) is -0.283. The van der Waals surface area contributed by atoms with Gasteiger partial charge in [0.05, 0.1) is 5.52 Å². The zero-order valence-electron chi connectivity index (χ0n) is 15.1. The number of carbonyl (C=O) groups excluding carboxylic acids is 1. The maximum absolute atomic E-state index is 13.9. The molecule has 2 heterocycles. The number of rotatable bonds is 6. The molecule has 2 aliphatic rings. The van der Waals surface area contributed by atoms with Gasteiger partial charge in [-0.05, 0) is 50.2 Å². The molecular formula is C20H25F2N3O. The fraction of sp³-hybridized carbons (Fsp3) is 0.550. The van der Waals surface area contributed by atoms with Crippen LogP contribution < -0.4 is 5.32 Å². The Kier molecular flexibility index (Phi) is 4.69. The van der Waals surface area contributed by atoms with Crippen molar-refractivity contribution in [2.24, 2.45) is 5.92 Å². The number of H-pyrrole nitrogens is 1. The van der Waals surface area contributed by atoms with Crippen LogP contribution in [0.15, 0.2) is 12.1 Å². The first-order valence-corrected chi connectivity index (χ1v) is 9.48. The molecule has 1 aliphatic carbocycles. The minimum absolute atomic E-state index is 0.0441. The van der Waals surface area contributed by atoms with Crippen LogP contribution in [0, 0.1) is 24.5 Å². The van der Waals surface area contributed by atoms with Gasteiger partial charge < -0.3 is 10.3 Å². The molecular weight excluding hydrogens is 336 g/mol. The summed E-state index contributed by atoms with van der Waals surface area (Å²) in [4.78, 5) is 17.6. The Morgan fingerprint density at radius 2 is 2.19 bits per heavy atom. The van der Waals surface area contributed by atoms with Crippen molar-refractivity contribution >= 4 is 16.8 Å². The topological polar surface area (TPSA) is 48.1 Å². The van der Waals surface area contributed by atoms with Crippen LogP contribution in [0.5, 0.6) is 0 Å². The van der Waals surface area contributed by atoms with E-state index in [1.165, 1.54) is 25.3 Å². The summed E-state index contributed by atoms with van der Waals surface area (Å²) in [6.07, 6.45) is 4.99. The number of hydrogen-bond acceptors (Lipinski definition) is 2. The van der Waals surface area contributed by atoms with E-state index in [9.17, 15) is 13.6 Å². The molecule has 1 aromatic carbocycles. The number of hydrogen-bond donors (Lipinski definition) is 2. The number of aromatic nitrogens is 1. The molecule has 2 fully saturated rings. The molecule has 1 amide bonds. The number of fused-ring (bicyclic) bond motifs is 3. The van der Waals surface area contributed by atoms with E-state index in [2.05, 4.69) is 15.2 Å². The van der Waals surface area contributed by atoms with Crippen molar-refractivity contribution in [1.82, 2.24) is 15.2 Å². The van der Waals surface area contributed by atoms with Crippen molar-refractivity contribution in [1.29, 1.82) is 0 Å². The predicted molar refractivity (Wildman–Crippen MR) is 97.0 cm³/mol. The molecule has 2 atom stereocenters. The van der Waals surface area contributed by atoms with Gasteiger partial charge in [0.25, 0.3) is 0 Å². The average molecular weight is 361 g/mol. The minimum Gasteiger partial charge on any atom is -0.356 e. The fourth-order valence-electron chi connectivity index (χ4n) is 4.69. The Morgan fingerprint density at radius 3 is 2.92 bits per heavy atom. The van der Waals surface area contributed by atoms with E-state index in [-0.39, 0.29) is 5.91 Å². The van der Waals surface area contributed by atoms with Crippen LogP contribution in [0.3, 0.4) is 0 Å². The molecule has 2 aromatic rings. The van der Waals surface area contributed by atoms with E-state index in [4.69, 9.17) is 0 Å². The van der Waals surface area contributed by atoms with Gasteiger partial charge in [-0.25, -0.2) is 8.78 Å². The van der Waals surface area contributed by atoms with Gasteiger partial charge in [0.15, 0.2) is 0 Å². The van der Waals surface area contributed by atoms with E-state index in [1.54, 1.807) is 0 Å². The number of nitrogens with one attached hydrogen (secondary N) is 2. The van der Waals surface area contributed by atoms with E-state index < -0.39 is 11.6 Å². The molecule has 2 N–H and O–H groups in total. The minimum atomic E-state index is -0.585. The molecule has 1 aromatic heterocycles. The largest absolute Gasteiger partial charge is 0.356 e. The second-order valence-corrected chi connectivity index (χ2v) is 7.72. The highest BCUT2D eigenvalue weighted by Crippen LogP contribution is 2.37. The Balaban J connectivity index is 1.30. The summed E-state index contributed by atoms with van der Waals surface area (Å²) in [6, 6.07) is 2.92. The predicted octanol–water partition coefficient (Wildman–Crippen LogP) is 3.29. The third-order valence-corrected chi connectivity index (χ3v) is 5.99. The number of piperidine rings is 1. The van der Waals surface area contributed by atoms with Crippen LogP contribution in [-0.2, 0) is 11.2 Å². The van der Waals surface area contributed by atoms with E-state index in [1.807, 2.05) is 6.92 Å². The standard InChI is InChI=1S/C20H25F2N3O/c1-12-16(17-9-14(21)10-18(22)20(17)24-12)4-6-23-19(26)5-7-25-11-13-2-3-15(25)8-13/h9-10,13,15,24H,2-8,11H2,1H3,(H,23,26)/t13-,15+/m1/s1. The van der Waals surface area contributed by atoms with E-state index in [0.717, 1.165) is 36.3 Å². The van der Waals surface area contributed by atoms with Crippen molar-refractivity contribution in [3.8, 4) is 0 Å². The smallest absolute Gasteiger partial charge is 0.221 e. The van der Waals surface area contributed by atoms with Crippen LogP contribution in [0.1, 0.15) is 36.9 Å². The summed E-state index contributed by atoms with van der Waals surface area (Å²) in [6.45, 7) is 4.28. The summed E-state index contributed by atoms with van der Waals surface area (Å²) in [5.41, 5.74) is 2.00. The second kappa shape index (κ2) is 6.99. The van der Waals surface area contributed by atoms with Crippen LogP contribution in [-0.4, -0.2) is 41.5 Å². The first-order chi connectivity index (χ1) is 12.5. The first-order valence-electron chi connectivity index (χ1n) is 9.48. The van der Waals surface area contributed by atoms with Gasteiger partial charge in [-0.1, -0.05) is 0 Å². The van der Waals surface area contributed by atoms with E-state index >= 15 is 0 Å². The maximum atomic E-state index is 13.9.